The molecule has 2 heterocycles. The molecule has 9 aromatic carbocycles. The summed E-state index contributed by atoms with van der Waals surface area (Å²) >= 11 is 0. The van der Waals surface area contributed by atoms with E-state index in [2.05, 4.69) is 152 Å². The van der Waals surface area contributed by atoms with Crippen molar-refractivity contribution in [3.63, 3.8) is 0 Å². The molecule has 2 aromatic heterocycles. The quantitative estimate of drug-likeness (QED) is 0.160. The van der Waals surface area contributed by atoms with Crippen LogP contribution in [0.1, 0.15) is 25.0 Å². The maximum absolute atomic E-state index is 6.62. The average molecular weight is 809 g/mol. The number of furan rings is 1. The van der Waals surface area contributed by atoms with Gasteiger partial charge in [0.2, 0.25) is 0 Å². The molecule has 0 saturated carbocycles. The highest BCUT2D eigenvalue weighted by atomic mass is 16.3. The van der Waals surface area contributed by atoms with Gasteiger partial charge >= 0.3 is 0 Å². The molecule has 0 N–H and O–H groups in total. The van der Waals surface area contributed by atoms with Crippen LogP contribution in [0.4, 0.5) is 17.1 Å². The Kier molecular flexibility index (Phi) is 8.44. The van der Waals surface area contributed by atoms with Gasteiger partial charge in [-0.3, -0.25) is 0 Å². The maximum atomic E-state index is 6.62. The smallest absolute Gasteiger partial charge is 0.164 e. The van der Waals surface area contributed by atoms with Crippen LogP contribution in [0.3, 0.4) is 0 Å². The van der Waals surface area contributed by atoms with Gasteiger partial charge in [0.05, 0.1) is 5.69 Å². The number of hydrogen-bond donors (Lipinski definition) is 0. The van der Waals surface area contributed by atoms with Crippen LogP contribution in [0.2, 0.25) is 0 Å². The monoisotopic (exact) mass is 808 g/mol. The Balaban J connectivity index is 0.944. The predicted octanol–water partition coefficient (Wildman–Crippen LogP) is 15.4. The van der Waals surface area contributed by atoms with Crippen molar-refractivity contribution < 1.29 is 4.42 Å². The summed E-state index contributed by atoms with van der Waals surface area (Å²) in [5.74, 6) is 1.85. The minimum absolute atomic E-state index is 0.117. The maximum Gasteiger partial charge on any atom is 0.164 e. The SMILES string of the molecule is CC1(C)c2ccccc2-c2ccc(N(c3ccc(-c4ccc5c(c4)oc4cccc(-c6nc(-c7ccccc7)nc(-c7ccccc7)n6)c45)cc3)c3cccc4ccccc34)cc21. The van der Waals surface area contributed by atoms with Crippen LogP contribution in [-0.4, -0.2) is 15.0 Å². The van der Waals surface area contributed by atoms with Gasteiger partial charge < -0.3 is 9.32 Å². The van der Waals surface area contributed by atoms with Crippen LogP contribution in [0, 0.1) is 0 Å². The summed E-state index contributed by atoms with van der Waals surface area (Å²) in [4.78, 5) is 17.4. The molecule has 5 heteroatoms. The van der Waals surface area contributed by atoms with Crippen LogP contribution in [0.25, 0.3) is 89.1 Å². The fourth-order valence-corrected chi connectivity index (χ4v) is 9.59. The zero-order valence-electron chi connectivity index (χ0n) is 34.8. The van der Waals surface area contributed by atoms with Crippen LogP contribution >= 0.6 is 0 Å². The van der Waals surface area contributed by atoms with Gasteiger partial charge in [-0.2, -0.15) is 0 Å². The zero-order valence-corrected chi connectivity index (χ0v) is 34.8. The number of rotatable bonds is 7. The highest BCUT2D eigenvalue weighted by Crippen LogP contribution is 2.51. The molecule has 12 rings (SSSR count). The molecule has 1 aliphatic carbocycles. The lowest BCUT2D eigenvalue weighted by Gasteiger charge is -2.29. The van der Waals surface area contributed by atoms with Crippen molar-refractivity contribution in [1.29, 1.82) is 0 Å². The average Bonchev–Trinajstić information content (AvgIpc) is 3.83. The molecule has 0 aliphatic heterocycles. The second kappa shape index (κ2) is 14.5. The summed E-state index contributed by atoms with van der Waals surface area (Å²) in [5.41, 5.74) is 15.1. The molecule has 63 heavy (non-hydrogen) atoms. The Morgan fingerprint density at radius 3 is 1.78 bits per heavy atom. The van der Waals surface area contributed by atoms with E-state index >= 15 is 0 Å². The topological polar surface area (TPSA) is 55.1 Å². The lowest BCUT2D eigenvalue weighted by atomic mass is 9.82. The summed E-state index contributed by atoms with van der Waals surface area (Å²) in [5, 5.41) is 4.39. The first-order valence-electron chi connectivity index (χ1n) is 21.4. The zero-order chi connectivity index (χ0) is 42.1. The second-order valence-corrected chi connectivity index (χ2v) is 16.8. The standard InChI is InChI=1S/C58H40N4O/c1-58(2)49-24-12-11-22-45(49)46-34-32-43(36-50(46)58)62(51-25-13-20-38-15-9-10-21-44(38)51)42-30-27-37(28-31-42)41-29-33-47-53(35-41)63-52-26-14-23-48(54(47)52)57-60-55(39-16-5-3-6-17-39)59-56(61-57)40-18-7-4-8-19-40/h3-36H,1-2H3. The molecule has 0 amide bonds. The van der Waals surface area contributed by atoms with Gasteiger partial charge in [0.15, 0.2) is 17.5 Å². The lowest BCUT2D eigenvalue weighted by Crippen LogP contribution is -2.16. The summed E-state index contributed by atoms with van der Waals surface area (Å²) in [6, 6.07) is 72.7. The van der Waals surface area contributed by atoms with E-state index in [0.717, 1.165) is 66.8 Å². The highest BCUT2D eigenvalue weighted by molar-refractivity contribution is 6.12. The third-order valence-electron chi connectivity index (χ3n) is 12.7. The van der Waals surface area contributed by atoms with E-state index in [1.54, 1.807) is 0 Å². The van der Waals surface area contributed by atoms with Gasteiger partial charge in [-0.25, -0.2) is 15.0 Å². The van der Waals surface area contributed by atoms with Crippen molar-refractivity contribution in [3.8, 4) is 56.4 Å². The van der Waals surface area contributed by atoms with Crippen molar-refractivity contribution >= 4 is 49.8 Å². The van der Waals surface area contributed by atoms with E-state index in [4.69, 9.17) is 19.4 Å². The van der Waals surface area contributed by atoms with E-state index in [1.807, 2.05) is 72.8 Å². The van der Waals surface area contributed by atoms with Gasteiger partial charge in [-0.15, -0.1) is 0 Å². The second-order valence-electron chi connectivity index (χ2n) is 16.8. The molecule has 1 aliphatic rings. The Bertz CT molecular complexity index is 3480. The van der Waals surface area contributed by atoms with Gasteiger partial charge in [0.1, 0.15) is 11.2 Å². The summed E-state index contributed by atoms with van der Waals surface area (Å²) < 4.78 is 6.62. The van der Waals surface area contributed by atoms with Crippen LogP contribution < -0.4 is 4.90 Å². The van der Waals surface area contributed by atoms with E-state index in [-0.39, 0.29) is 5.41 Å². The van der Waals surface area contributed by atoms with Gasteiger partial charge in [0.25, 0.3) is 0 Å². The summed E-state index contributed by atoms with van der Waals surface area (Å²) in [6.07, 6.45) is 0. The molecule has 0 radical (unpaired) electrons. The number of nitrogens with zero attached hydrogens (tertiary/aromatic N) is 4. The van der Waals surface area contributed by atoms with Gasteiger partial charge in [-0.05, 0) is 87.3 Å². The number of aromatic nitrogens is 3. The van der Waals surface area contributed by atoms with E-state index in [9.17, 15) is 0 Å². The molecule has 0 atom stereocenters. The van der Waals surface area contributed by atoms with E-state index in [0.29, 0.717) is 17.5 Å². The third kappa shape index (κ3) is 6.12. The van der Waals surface area contributed by atoms with Crippen molar-refractivity contribution in [1.82, 2.24) is 15.0 Å². The van der Waals surface area contributed by atoms with Crippen molar-refractivity contribution in [2.45, 2.75) is 19.3 Å². The van der Waals surface area contributed by atoms with Crippen LogP contribution in [0.5, 0.6) is 0 Å². The van der Waals surface area contributed by atoms with E-state index < -0.39 is 0 Å². The summed E-state index contributed by atoms with van der Waals surface area (Å²) in [6.45, 7) is 4.68. The van der Waals surface area contributed by atoms with Crippen molar-refractivity contribution in [3.05, 3.63) is 217 Å². The van der Waals surface area contributed by atoms with E-state index in [1.165, 1.54) is 33.0 Å². The summed E-state index contributed by atoms with van der Waals surface area (Å²) in [7, 11) is 0. The predicted molar refractivity (Wildman–Crippen MR) is 259 cm³/mol. The van der Waals surface area contributed by atoms with Crippen LogP contribution in [-0.2, 0) is 5.41 Å². The third-order valence-corrected chi connectivity index (χ3v) is 12.7. The Morgan fingerprint density at radius 2 is 1.00 bits per heavy atom. The number of benzene rings is 9. The van der Waals surface area contributed by atoms with Gasteiger partial charge in [0, 0.05) is 49.6 Å². The first-order valence-corrected chi connectivity index (χ1v) is 21.4. The van der Waals surface area contributed by atoms with Crippen LogP contribution in [0.15, 0.2) is 211 Å². The molecule has 0 saturated heterocycles. The fraction of sp³-hybridized carbons (Fsp3) is 0.0517. The molecular weight excluding hydrogens is 769 g/mol. The molecular formula is C58H40N4O. The number of hydrogen-bond acceptors (Lipinski definition) is 5. The Hall–Kier alpha value is -8.15. The van der Waals surface area contributed by atoms with Crippen molar-refractivity contribution in [2.24, 2.45) is 0 Å². The largest absolute Gasteiger partial charge is 0.456 e. The molecule has 0 spiro atoms. The minimum atomic E-state index is -0.117. The first kappa shape index (κ1) is 36.7. The molecule has 11 aromatic rings. The first-order chi connectivity index (χ1) is 31.0. The lowest BCUT2D eigenvalue weighted by molar-refractivity contribution is 0.660. The minimum Gasteiger partial charge on any atom is -0.456 e. The Labute approximate surface area is 365 Å². The molecule has 0 bridgehead atoms. The van der Waals surface area contributed by atoms with Gasteiger partial charge in [-0.1, -0.05) is 172 Å². The number of anilines is 3. The highest BCUT2D eigenvalue weighted by Gasteiger charge is 2.36. The fourth-order valence-electron chi connectivity index (χ4n) is 9.59. The van der Waals surface area contributed by atoms with Crippen molar-refractivity contribution in [2.75, 3.05) is 4.90 Å². The Morgan fingerprint density at radius 1 is 0.397 bits per heavy atom. The molecule has 5 nitrogen and oxygen atoms in total. The number of fused-ring (bicyclic) bond motifs is 7. The molecule has 0 fully saturated rings. The molecule has 0 unspecified atom stereocenters. The normalized spacial score (nSPS) is 12.7. The molecule has 298 valence electrons.